The minimum Gasteiger partial charge on any atom is -0.377 e. The largest absolute Gasteiger partial charge is 0.377 e. The Balaban J connectivity index is 2.52. The third-order valence-corrected chi connectivity index (χ3v) is 3.13. The van der Waals surface area contributed by atoms with Crippen LogP contribution in [0.3, 0.4) is 0 Å². The fraction of sp³-hybridized carbons (Fsp3) is 1.00. The molecule has 0 aromatic rings. The maximum Gasteiger partial charge on any atom is 0.0828 e. The number of hydrogen-bond acceptors (Lipinski definition) is 2. The summed E-state index contributed by atoms with van der Waals surface area (Å²) in [7, 11) is 1.81. The summed E-state index contributed by atoms with van der Waals surface area (Å²) in [4.78, 5) is 0. The summed E-state index contributed by atoms with van der Waals surface area (Å²) >= 11 is 0. The Labute approximate surface area is 75.5 Å². The highest BCUT2D eigenvalue weighted by atomic mass is 16.5. The van der Waals surface area contributed by atoms with Crippen LogP contribution in [0.2, 0.25) is 0 Å². The van der Waals surface area contributed by atoms with Crippen molar-refractivity contribution in [3.05, 3.63) is 0 Å². The monoisotopic (exact) mass is 171 g/mol. The van der Waals surface area contributed by atoms with Crippen LogP contribution in [0.5, 0.6) is 0 Å². The number of methoxy groups -OCH3 is 1. The van der Waals surface area contributed by atoms with Gasteiger partial charge in [-0.3, -0.25) is 0 Å². The van der Waals surface area contributed by atoms with Gasteiger partial charge in [-0.1, -0.05) is 26.2 Å². The molecule has 1 rings (SSSR count). The van der Waals surface area contributed by atoms with Crippen molar-refractivity contribution in [2.45, 2.75) is 57.1 Å². The molecule has 1 aliphatic rings. The van der Waals surface area contributed by atoms with Gasteiger partial charge in [0, 0.05) is 13.2 Å². The minimum atomic E-state index is 0.0238. The van der Waals surface area contributed by atoms with E-state index in [2.05, 4.69) is 6.92 Å². The van der Waals surface area contributed by atoms with Crippen LogP contribution in [0.15, 0.2) is 0 Å². The van der Waals surface area contributed by atoms with Crippen molar-refractivity contribution in [3.63, 3.8) is 0 Å². The van der Waals surface area contributed by atoms with E-state index < -0.39 is 0 Å². The molecule has 0 aliphatic heterocycles. The van der Waals surface area contributed by atoms with Gasteiger partial charge in [-0.15, -0.1) is 0 Å². The zero-order chi connectivity index (χ0) is 9.03. The Hall–Kier alpha value is -0.0800. The maximum atomic E-state index is 6.11. The van der Waals surface area contributed by atoms with Gasteiger partial charge in [-0.2, -0.15) is 0 Å². The fourth-order valence-electron chi connectivity index (χ4n) is 2.27. The molecule has 0 amide bonds. The Morgan fingerprint density at radius 1 is 1.42 bits per heavy atom. The molecule has 0 unspecified atom stereocenters. The van der Waals surface area contributed by atoms with Crippen molar-refractivity contribution in [2.24, 2.45) is 5.73 Å². The van der Waals surface area contributed by atoms with E-state index in [0.29, 0.717) is 0 Å². The lowest BCUT2D eigenvalue weighted by Crippen LogP contribution is -2.47. The smallest absolute Gasteiger partial charge is 0.0828 e. The molecule has 1 aliphatic carbocycles. The predicted octanol–water partition coefficient (Wildman–Crippen LogP) is 2.07. The standard InChI is InChI=1S/C10H21NO/c1-3-6-9(11)10(12-2)7-4-5-8-10/h9H,3-8,11H2,1-2H3/t9-/m1/s1. The molecule has 0 bridgehead atoms. The fourth-order valence-corrected chi connectivity index (χ4v) is 2.27. The molecule has 2 nitrogen and oxygen atoms in total. The Morgan fingerprint density at radius 2 is 2.00 bits per heavy atom. The summed E-state index contributed by atoms with van der Waals surface area (Å²) in [6, 6.07) is 0.245. The summed E-state index contributed by atoms with van der Waals surface area (Å²) in [5.41, 5.74) is 6.13. The Kier molecular flexibility index (Phi) is 3.53. The number of hydrogen-bond donors (Lipinski definition) is 1. The molecule has 72 valence electrons. The Morgan fingerprint density at radius 3 is 2.42 bits per heavy atom. The highest BCUT2D eigenvalue weighted by Crippen LogP contribution is 2.36. The van der Waals surface area contributed by atoms with Crippen LogP contribution in [0.25, 0.3) is 0 Å². The first kappa shape index (κ1) is 10.0. The van der Waals surface area contributed by atoms with Crippen LogP contribution >= 0.6 is 0 Å². The molecule has 12 heavy (non-hydrogen) atoms. The lowest BCUT2D eigenvalue weighted by molar-refractivity contribution is -0.0275. The summed E-state index contributed by atoms with van der Waals surface area (Å²) in [6.45, 7) is 2.18. The van der Waals surface area contributed by atoms with Crippen molar-refractivity contribution in [1.82, 2.24) is 0 Å². The number of nitrogens with two attached hydrogens (primary N) is 1. The summed E-state index contributed by atoms with van der Waals surface area (Å²) in [6.07, 6.45) is 7.13. The molecule has 1 saturated carbocycles. The summed E-state index contributed by atoms with van der Waals surface area (Å²) in [5.74, 6) is 0. The zero-order valence-electron chi connectivity index (χ0n) is 8.31. The molecule has 2 heteroatoms. The van der Waals surface area contributed by atoms with Gasteiger partial charge in [0.25, 0.3) is 0 Å². The summed E-state index contributed by atoms with van der Waals surface area (Å²) in [5, 5.41) is 0. The van der Waals surface area contributed by atoms with Crippen LogP contribution in [0.1, 0.15) is 45.4 Å². The molecular weight excluding hydrogens is 150 g/mol. The van der Waals surface area contributed by atoms with E-state index in [1.54, 1.807) is 7.11 Å². The molecule has 1 atom stereocenters. The molecule has 2 N–H and O–H groups in total. The number of rotatable bonds is 4. The molecule has 0 saturated heterocycles. The quantitative estimate of drug-likeness (QED) is 0.702. The van der Waals surface area contributed by atoms with Gasteiger partial charge >= 0.3 is 0 Å². The van der Waals surface area contributed by atoms with E-state index in [-0.39, 0.29) is 11.6 Å². The van der Waals surface area contributed by atoms with E-state index in [1.165, 1.54) is 12.8 Å². The van der Waals surface area contributed by atoms with Gasteiger partial charge in [0.05, 0.1) is 5.60 Å². The van der Waals surface area contributed by atoms with Gasteiger partial charge in [-0.05, 0) is 19.3 Å². The van der Waals surface area contributed by atoms with Crippen molar-refractivity contribution < 1.29 is 4.74 Å². The van der Waals surface area contributed by atoms with Crippen LogP contribution in [0, 0.1) is 0 Å². The minimum absolute atomic E-state index is 0.0238. The highest BCUT2D eigenvalue weighted by Gasteiger charge is 2.38. The first-order chi connectivity index (χ1) is 5.75. The average Bonchev–Trinajstić information content (AvgIpc) is 2.54. The van der Waals surface area contributed by atoms with E-state index in [1.807, 2.05) is 0 Å². The van der Waals surface area contributed by atoms with Gasteiger partial charge in [-0.25, -0.2) is 0 Å². The third kappa shape index (κ3) is 1.80. The molecule has 1 fully saturated rings. The van der Waals surface area contributed by atoms with Crippen molar-refractivity contribution in [3.8, 4) is 0 Å². The topological polar surface area (TPSA) is 35.2 Å². The first-order valence-electron chi connectivity index (χ1n) is 5.06. The normalized spacial score (nSPS) is 24.2. The van der Waals surface area contributed by atoms with Crippen LogP contribution < -0.4 is 5.73 Å². The van der Waals surface area contributed by atoms with Crippen molar-refractivity contribution in [1.29, 1.82) is 0 Å². The number of ether oxygens (including phenoxy) is 1. The summed E-state index contributed by atoms with van der Waals surface area (Å²) < 4.78 is 5.59. The SMILES string of the molecule is CCC[C@@H](N)C1(OC)CCCC1. The van der Waals surface area contributed by atoms with E-state index >= 15 is 0 Å². The lowest BCUT2D eigenvalue weighted by Gasteiger charge is -2.33. The van der Waals surface area contributed by atoms with Gasteiger partial charge in [0.1, 0.15) is 0 Å². The molecular formula is C10H21NO. The second kappa shape index (κ2) is 4.24. The van der Waals surface area contributed by atoms with Crippen molar-refractivity contribution in [2.75, 3.05) is 7.11 Å². The van der Waals surface area contributed by atoms with E-state index in [9.17, 15) is 0 Å². The molecule has 0 aromatic heterocycles. The average molecular weight is 171 g/mol. The highest BCUT2D eigenvalue weighted by molar-refractivity contribution is 4.94. The zero-order valence-corrected chi connectivity index (χ0v) is 8.31. The first-order valence-corrected chi connectivity index (χ1v) is 5.06. The maximum absolute atomic E-state index is 6.11. The van der Waals surface area contributed by atoms with Crippen LogP contribution in [-0.2, 0) is 4.74 Å². The van der Waals surface area contributed by atoms with Gasteiger partial charge in [0.2, 0.25) is 0 Å². The second-order valence-electron chi connectivity index (χ2n) is 3.87. The third-order valence-electron chi connectivity index (χ3n) is 3.13. The molecule has 0 spiro atoms. The molecule has 0 aromatic carbocycles. The van der Waals surface area contributed by atoms with Gasteiger partial charge < -0.3 is 10.5 Å². The second-order valence-corrected chi connectivity index (χ2v) is 3.87. The Bertz CT molecular complexity index is 130. The van der Waals surface area contributed by atoms with Gasteiger partial charge in [0.15, 0.2) is 0 Å². The molecule has 0 radical (unpaired) electrons. The van der Waals surface area contributed by atoms with Crippen LogP contribution in [-0.4, -0.2) is 18.8 Å². The van der Waals surface area contributed by atoms with E-state index in [0.717, 1.165) is 25.7 Å². The van der Waals surface area contributed by atoms with Crippen LogP contribution in [0.4, 0.5) is 0 Å². The van der Waals surface area contributed by atoms with Crippen molar-refractivity contribution >= 4 is 0 Å². The molecule has 0 heterocycles. The lowest BCUT2D eigenvalue weighted by atomic mass is 9.90. The predicted molar refractivity (Wildman–Crippen MR) is 51.1 cm³/mol. The van der Waals surface area contributed by atoms with E-state index in [4.69, 9.17) is 10.5 Å².